The number of amidine groups is 1. The molecule has 1 heterocycles. The van der Waals surface area contributed by atoms with E-state index < -0.39 is 17.8 Å². The van der Waals surface area contributed by atoms with Crippen LogP contribution in [0.1, 0.15) is 27.2 Å². The van der Waals surface area contributed by atoms with Gasteiger partial charge in [-0.2, -0.15) is 14.5 Å². The van der Waals surface area contributed by atoms with Crippen molar-refractivity contribution >= 4 is 29.4 Å². The van der Waals surface area contributed by atoms with E-state index in [4.69, 9.17) is 5.73 Å². The van der Waals surface area contributed by atoms with Crippen molar-refractivity contribution in [3.05, 3.63) is 0 Å². The minimum absolute atomic E-state index is 0.0522. The lowest BCUT2D eigenvalue weighted by atomic mass is 10.1. The molecule has 0 aromatic rings. The Kier molecular flexibility index (Phi) is 4.52. The van der Waals surface area contributed by atoms with Gasteiger partial charge in [0.15, 0.2) is 0 Å². The summed E-state index contributed by atoms with van der Waals surface area (Å²) in [7, 11) is 1.34. The maximum absolute atomic E-state index is 12.0. The van der Waals surface area contributed by atoms with Crippen LogP contribution in [0, 0.1) is 5.92 Å². The van der Waals surface area contributed by atoms with Gasteiger partial charge in [0, 0.05) is 6.92 Å². The van der Waals surface area contributed by atoms with E-state index in [1.807, 2.05) is 13.8 Å². The summed E-state index contributed by atoms with van der Waals surface area (Å²) in [4.78, 5) is 39.5. The third-order valence-corrected chi connectivity index (χ3v) is 3.02. The van der Waals surface area contributed by atoms with Gasteiger partial charge in [0.2, 0.25) is 11.6 Å². The van der Waals surface area contributed by atoms with E-state index in [1.54, 1.807) is 0 Å². The summed E-state index contributed by atoms with van der Waals surface area (Å²) in [6.45, 7) is 5.58. The topological polar surface area (TPSA) is 95.8 Å². The Morgan fingerprint density at radius 2 is 2.05 bits per heavy atom. The highest BCUT2D eigenvalue weighted by Crippen LogP contribution is 2.08. The van der Waals surface area contributed by atoms with E-state index in [-0.39, 0.29) is 17.5 Å². The van der Waals surface area contributed by atoms with Crippen LogP contribution in [0.5, 0.6) is 0 Å². The Morgan fingerprint density at radius 1 is 1.47 bits per heavy atom. The second-order valence-corrected chi connectivity index (χ2v) is 4.64. The quantitative estimate of drug-likeness (QED) is 0.727. The molecule has 0 saturated carbocycles. The molecular weight excluding hydrogens is 248 g/mol. The van der Waals surface area contributed by atoms with Crippen LogP contribution >= 0.6 is 0 Å². The van der Waals surface area contributed by atoms with Crippen LogP contribution in [0.25, 0.3) is 0 Å². The molecule has 7 nitrogen and oxygen atoms in total. The summed E-state index contributed by atoms with van der Waals surface area (Å²) < 4.78 is 1.29. The van der Waals surface area contributed by atoms with Crippen LogP contribution < -0.4 is 5.73 Å². The molecule has 0 fully saturated rings. The van der Waals surface area contributed by atoms with Crippen molar-refractivity contribution in [3.8, 4) is 0 Å². The molecule has 1 aliphatic rings. The van der Waals surface area contributed by atoms with Crippen LogP contribution in [0.4, 0.5) is 4.79 Å². The first kappa shape index (κ1) is 15.0. The van der Waals surface area contributed by atoms with Gasteiger partial charge < -0.3 is 5.73 Å². The molecule has 1 atom stereocenters. The standard InChI is InChI=1S/C12H18N4O3/c1-5-7(2)6-16-10(13)9(14-8(3)17)11(18)15(4)12(16)19/h7,13H,5-6H2,1-4H3/p+1. The van der Waals surface area contributed by atoms with Crippen molar-refractivity contribution in [1.29, 1.82) is 0 Å². The number of hydrogen-bond acceptors (Lipinski definition) is 4. The highest BCUT2D eigenvalue weighted by molar-refractivity contribution is 6.67. The summed E-state index contributed by atoms with van der Waals surface area (Å²) in [5.41, 5.74) is 5.64. The number of carbonyl (C=O) groups is 3. The predicted molar refractivity (Wildman–Crippen MR) is 70.1 cm³/mol. The van der Waals surface area contributed by atoms with Gasteiger partial charge in [-0.3, -0.25) is 4.79 Å². The van der Waals surface area contributed by atoms with Crippen molar-refractivity contribution in [2.45, 2.75) is 27.2 Å². The maximum atomic E-state index is 12.0. The van der Waals surface area contributed by atoms with Crippen LogP contribution in [-0.2, 0) is 9.59 Å². The van der Waals surface area contributed by atoms with E-state index in [0.29, 0.717) is 6.54 Å². The molecule has 1 aliphatic heterocycles. The van der Waals surface area contributed by atoms with Gasteiger partial charge in [0.05, 0.1) is 13.6 Å². The van der Waals surface area contributed by atoms with Gasteiger partial charge in [0.1, 0.15) is 0 Å². The summed E-state index contributed by atoms with van der Waals surface area (Å²) in [5, 5.41) is 0. The molecule has 0 bridgehead atoms. The average Bonchev–Trinajstić information content (AvgIpc) is 2.36. The number of urea groups is 1. The number of amides is 4. The average molecular weight is 267 g/mol. The zero-order valence-electron chi connectivity index (χ0n) is 11.6. The van der Waals surface area contributed by atoms with Gasteiger partial charge in [-0.05, 0) is 5.92 Å². The Hall–Kier alpha value is -2.05. The van der Waals surface area contributed by atoms with E-state index in [1.165, 1.54) is 18.5 Å². The van der Waals surface area contributed by atoms with Gasteiger partial charge in [-0.1, -0.05) is 20.3 Å². The minimum Gasteiger partial charge on any atom is -0.316 e. The zero-order chi connectivity index (χ0) is 14.7. The second kappa shape index (κ2) is 5.73. The molecule has 0 aromatic heterocycles. The third kappa shape index (κ3) is 3.04. The maximum Gasteiger partial charge on any atom is 0.446 e. The predicted octanol–water partition coefficient (Wildman–Crippen LogP) is -0.0183. The van der Waals surface area contributed by atoms with Crippen LogP contribution in [0.3, 0.4) is 0 Å². The van der Waals surface area contributed by atoms with Gasteiger partial charge in [-0.15, -0.1) is 0 Å². The lowest BCUT2D eigenvalue weighted by molar-refractivity contribution is -0.443. The van der Waals surface area contributed by atoms with Crippen LogP contribution in [0.15, 0.2) is 4.99 Å². The molecule has 0 aliphatic carbocycles. The molecule has 4 amide bonds. The highest BCUT2D eigenvalue weighted by atomic mass is 16.2. The fourth-order valence-corrected chi connectivity index (χ4v) is 1.65. The lowest BCUT2D eigenvalue weighted by Crippen LogP contribution is -2.57. The molecule has 1 rings (SSSR count). The van der Waals surface area contributed by atoms with Gasteiger partial charge >= 0.3 is 11.9 Å². The summed E-state index contributed by atoms with van der Waals surface area (Å²) in [5.74, 6) is -1.01. The number of carbonyl (C=O) groups excluding carboxylic acids is 3. The van der Waals surface area contributed by atoms with E-state index in [2.05, 4.69) is 4.99 Å². The van der Waals surface area contributed by atoms with Gasteiger partial charge in [-0.25, -0.2) is 9.59 Å². The highest BCUT2D eigenvalue weighted by Gasteiger charge is 2.41. The first-order chi connectivity index (χ1) is 8.79. The number of nitrogens with two attached hydrogens (primary N) is 1. The molecule has 0 saturated heterocycles. The Bertz CT molecular complexity index is 493. The number of hydrogen-bond donors (Lipinski definition) is 1. The Balaban J connectivity index is 3.30. The molecule has 7 heteroatoms. The number of rotatable bonds is 3. The van der Waals surface area contributed by atoms with E-state index in [9.17, 15) is 14.4 Å². The summed E-state index contributed by atoms with van der Waals surface area (Å²) in [6.07, 6.45) is 0.869. The molecule has 19 heavy (non-hydrogen) atoms. The van der Waals surface area contributed by atoms with Crippen molar-refractivity contribution in [2.24, 2.45) is 16.6 Å². The normalized spacial score (nSPS) is 20.2. The third-order valence-electron chi connectivity index (χ3n) is 3.02. The van der Waals surface area contributed by atoms with E-state index >= 15 is 0 Å². The van der Waals surface area contributed by atoms with E-state index in [0.717, 1.165) is 11.3 Å². The van der Waals surface area contributed by atoms with Crippen LogP contribution in [0.2, 0.25) is 0 Å². The van der Waals surface area contributed by atoms with Crippen molar-refractivity contribution < 1.29 is 19.0 Å². The zero-order valence-corrected chi connectivity index (χ0v) is 11.6. The molecule has 104 valence electrons. The fraction of sp³-hybridized carbons (Fsp3) is 0.583. The minimum atomic E-state index is -0.655. The summed E-state index contributed by atoms with van der Waals surface area (Å²) in [6, 6.07) is -0.495. The Morgan fingerprint density at radius 3 is 2.53 bits per heavy atom. The lowest BCUT2D eigenvalue weighted by Gasteiger charge is -2.21. The molecule has 0 spiro atoms. The van der Waals surface area contributed by atoms with Crippen molar-refractivity contribution in [2.75, 3.05) is 13.6 Å². The van der Waals surface area contributed by atoms with Crippen molar-refractivity contribution in [3.63, 3.8) is 0 Å². The monoisotopic (exact) mass is 267 g/mol. The molecule has 1 unspecified atom stereocenters. The molecule has 2 N–H and O–H groups in total. The summed E-state index contributed by atoms with van der Waals surface area (Å²) >= 11 is 0. The first-order valence-corrected chi connectivity index (χ1v) is 6.11. The SMILES string of the molecule is CCC(C)C[N+]1=C(N)C(=NC(C)=O)C(=O)N(C)C1=O. The number of aliphatic imine (C=N–C) groups is 1. The number of nitrogens with zero attached hydrogens (tertiary/aromatic N) is 3. The van der Waals surface area contributed by atoms with Gasteiger partial charge in [0.25, 0.3) is 5.84 Å². The molecule has 0 aromatic carbocycles. The first-order valence-electron chi connectivity index (χ1n) is 6.11. The smallest absolute Gasteiger partial charge is 0.316 e. The largest absolute Gasteiger partial charge is 0.446 e. The number of imide groups is 1. The molecular formula is C12H19N4O3+. The second-order valence-electron chi connectivity index (χ2n) is 4.64. The Labute approximate surface area is 111 Å². The fourth-order valence-electron chi connectivity index (χ4n) is 1.65. The van der Waals surface area contributed by atoms with Crippen molar-refractivity contribution in [1.82, 2.24) is 4.90 Å². The molecule has 0 radical (unpaired) electrons. The van der Waals surface area contributed by atoms with Crippen LogP contribution in [-0.4, -0.2) is 52.5 Å².